The maximum absolute atomic E-state index is 13.0. The van der Waals surface area contributed by atoms with Crippen LogP contribution in [0.1, 0.15) is 49.7 Å². The molecule has 1 saturated carbocycles. The van der Waals surface area contributed by atoms with Crippen molar-refractivity contribution in [2.24, 2.45) is 5.92 Å². The van der Waals surface area contributed by atoms with Crippen LogP contribution in [-0.4, -0.2) is 14.5 Å². The van der Waals surface area contributed by atoms with Crippen molar-refractivity contribution in [3.63, 3.8) is 0 Å². The number of hydrogen-bond acceptors (Lipinski definition) is 2. The van der Waals surface area contributed by atoms with Gasteiger partial charge in [-0.05, 0) is 55.4 Å². The highest BCUT2D eigenvalue weighted by Gasteiger charge is 2.29. The van der Waals surface area contributed by atoms with Gasteiger partial charge in [-0.1, -0.05) is 73.9 Å². The third-order valence-electron chi connectivity index (χ3n) is 5.51. The van der Waals surface area contributed by atoms with E-state index in [-0.39, 0.29) is 6.04 Å². The molecule has 1 aliphatic carbocycles. The molecule has 0 heterocycles. The maximum Gasteiger partial charge on any atom is 0.240 e. The van der Waals surface area contributed by atoms with Crippen molar-refractivity contribution in [3.05, 3.63) is 72.3 Å². The molecular formula is C23H29NO2S. The zero-order valence-corrected chi connectivity index (χ0v) is 16.8. The van der Waals surface area contributed by atoms with Crippen LogP contribution in [0, 0.1) is 12.8 Å². The number of aryl methyl sites for hydroxylation is 1. The van der Waals surface area contributed by atoms with Gasteiger partial charge in [-0.3, -0.25) is 0 Å². The van der Waals surface area contributed by atoms with Crippen molar-refractivity contribution in [3.8, 4) is 0 Å². The Balaban J connectivity index is 1.81. The Morgan fingerprint density at radius 2 is 1.67 bits per heavy atom. The number of rotatable bonds is 7. The van der Waals surface area contributed by atoms with Crippen LogP contribution in [0.5, 0.6) is 0 Å². The summed E-state index contributed by atoms with van der Waals surface area (Å²) in [6.45, 7) is 6.20. The van der Waals surface area contributed by atoms with Gasteiger partial charge in [0.2, 0.25) is 10.0 Å². The highest BCUT2D eigenvalue weighted by Crippen LogP contribution is 2.31. The van der Waals surface area contributed by atoms with Crippen molar-refractivity contribution in [1.82, 2.24) is 4.72 Å². The number of sulfonamides is 1. The second-order valence-corrected chi connectivity index (χ2v) is 9.33. The van der Waals surface area contributed by atoms with Crippen molar-refractivity contribution in [1.29, 1.82) is 0 Å². The average Bonchev–Trinajstić information content (AvgIpc) is 2.69. The first-order valence-corrected chi connectivity index (χ1v) is 11.3. The van der Waals surface area contributed by atoms with Crippen LogP contribution >= 0.6 is 0 Å². The summed E-state index contributed by atoms with van der Waals surface area (Å²) >= 11 is 0. The van der Waals surface area contributed by atoms with Gasteiger partial charge in [0.15, 0.2) is 0 Å². The fraction of sp³-hybridized carbons (Fsp3) is 0.391. The molecule has 1 N–H and O–H groups in total. The minimum absolute atomic E-state index is 0.121. The molecule has 0 aromatic heterocycles. The molecule has 27 heavy (non-hydrogen) atoms. The van der Waals surface area contributed by atoms with E-state index in [4.69, 9.17) is 0 Å². The molecule has 0 bridgehead atoms. The Morgan fingerprint density at radius 1 is 1.04 bits per heavy atom. The SMILES string of the molecule is C=C(CC(NS(=O)(=O)c1ccc(C)cc1)C1CCCCC1)c1ccccc1. The third-order valence-corrected chi connectivity index (χ3v) is 7.01. The van der Waals surface area contributed by atoms with Crippen LogP contribution < -0.4 is 4.72 Å². The van der Waals surface area contributed by atoms with Gasteiger partial charge >= 0.3 is 0 Å². The van der Waals surface area contributed by atoms with Crippen LogP contribution in [0.3, 0.4) is 0 Å². The molecule has 3 rings (SSSR count). The summed E-state index contributed by atoms with van der Waals surface area (Å²) in [5, 5.41) is 0. The van der Waals surface area contributed by atoms with E-state index >= 15 is 0 Å². The fourth-order valence-electron chi connectivity index (χ4n) is 3.88. The molecule has 2 aromatic rings. The van der Waals surface area contributed by atoms with E-state index in [0.29, 0.717) is 17.2 Å². The molecule has 0 amide bonds. The van der Waals surface area contributed by atoms with E-state index in [0.717, 1.165) is 29.5 Å². The highest BCUT2D eigenvalue weighted by molar-refractivity contribution is 7.89. The molecule has 0 saturated heterocycles. The third kappa shape index (κ3) is 5.30. The maximum atomic E-state index is 13.0. The Morgan fingerprint density at radius 3 is 2.30 bits per heavy atom. The summed E-state index contributed by atoms with van der Waals surface area (Å²) < 4.78 is 29.0. The predicted octanol–water partition coefficient (Wildman–Crippen LogP) is 5.33. The number of benzene rings is 2. The van der Waals surface area contributed by atoms with Gasteiger partial charge in [-0.2, -0.15) is 0 Å². The van der Waals surface area contributed by atoms with E-state index in [2.05, 4.69) is 11.3 Å². The van der Waals surface area contributed by atoms with Crippen LogP contribution in [0.25, 0.3) is 5.57 Å². The van der Waals surface area contributed by atoms with E-state index < -0.39 is 10.0 Å². The zero-order chi connectivity index (χ0) is 19.3. The lowest BCUT2D eigenvalue weighted by molar-refractivity contribution is 0.293. The van der Waals surface area contributed by atoms with Crippen LogP contribution in [0.4, 0.5) is 0 Å². The van der Waals surface area contributed by atoms with E-state index in [1.165, 1.54) is 19.3 Å². The lowest BCUT2D eigenvalue weighted by Gasteiger charge is -2.31. The van der Waals surface area contributed by atoms with E-state index in [9.17, 15) is 8.42 Å². The topological polar surface area (TPSA) is 46.2 Å². The monoisotopic (exact) mass is 383 g/mol. The molecule has 1 unspecified atom stereocenters. The molecule has 0 spiro atoms. The van der Waals surface area contributed by atoms with Crippen molar-refractivity contribution >= 4 is 15.6 Å². The van der Waals surface area contributed by atoms with Crippen LogP contribution in [0.2, 0.25) is 0 Å². The summed E-state index contributed by atoms with van der Waals surface area (Å²) in [7, 11) is -3.54. The van der Waals surface area contributed by atoms with Crippen molar-refractivity contribution < 1.29 is 8.42 Å². The summed E-state index contributed by atoms with van der Waals surface area (Å²) in [5.74, 6) is 0.361. The molecule has 144 valence electrons. The van der Waals surface area contributed by atoms with Crippen molar-refractivity contribution in [2.45, 2.75) is 56.4 Å². The smallest absolute Gasteiger partial charge is 0.207 e. The lowest BCUT2D eigenvalue weighted by Crippen LogP contribution is -2.41. The molecule has 0 radical (unpaired) electrons. The Hall–Kier alpha value is -1.91. The second kappa shape index (κ2) is 8.85. The average molecular weight is 384 g/mol. The molecular weight excluding hydrogens is 354 g/mol. The lowest BCUT2D eigenvalue weighted by atomic mass is 9.81. The molecule has 1 fully saturated rings. The van der Waals surface area contributed by atoms with Gasteiger partial charge in [-0.15, -0.1) is 0 Å². The standard InChI is InChI=1S/C23H29NO2S/c1-18-13-15-22(16-14-18)27(25,26)24-23(21-11-7-4-8-12-21)17-19(2)20-9-5-3-6-10-20/h3,5-6,9-10,13-16,21,23-24H,2,4,7-8,11-12,17H2,1H3. The van der Waals surface area contributed by atoms with Gasteiger partial charge in [0.25, 0.3) is 0 Å². The quantitative estimate of drug-likeness (QED) is 0.703. The van der Waals surface area contributed by atoms with Crippen LogP contribution in [-0.2, 0) is 10.0 Å². The van der Waals surface area contributed by atoms with Gasteiger partial charge in [-0.25, -0.2) is 13.1 Å². The van der Waals surface area contributed by atoms with Gasteiger partial charge < -0.3 is 0 Å². The van der Waals surface area contributed by atoms with Crippen LogP contribution in [0.15, 0.2) is 66.1 Å². The first kappa shape index (κ1) is 19.8. The van der Waals surface area contributed by atoms with Gasteiger partial charge in [0, 0.05) is 6.04 Å². The molecule has 4 heteroatoms. The summed E-state index contributed by atoms with van der Waals surface area (Å²) in [6, 6.07) is 17.0. The Bertz CT molecular complexity index is 851. The summed E-state index contributed by atoms with van der Waals surface area (Å²) in [6.07, 6.45) is 6.37. The molecule has 3 nitrogen and oxygen atoms in total. The Kier molecular flexibility index (Phi) is 6.51. The van der Waals surface area contributed by atoms with Gasteiger partial charge in [0.05, 0.1) is 4.90 Å². The Labute approximate surface area is 163 Å². The molecule has 1 aliphatic rings. The van der Waals surface area contributed by atoms with E-state index in [1.807, 2.05) is 49.4 Å². The number of hydrogen-bond donors (Lipinski definition) is 1. The molecule has 2 aromatic carbocycles. The fourth-order valence-corrected chi connectivity index (χ4v) is 5.19. The zero-order valence-electron chi connectivity index (χ0n) is 16.0. The normalized spacial score (nSPS) is 16.8. The first-order chi connectivity index (χ1) is 13.0. The summed E-state index contributed by atoms with van der Waals surface area (Å²) in [4.78, 5) is 0.333. The minimum atomic E-state index is -3.54. The largest absolute Gasteiger partial charge is 0.240 e. The minimum Gasteiger partial charge on any atom is -0.207 e. The summed E-state index contributed by atoms with van der Waals surface area (Å²) in [5.41, 5.74) is 3.11. The first-order valence-electron chi connectivity index (χ1n) is 9.78. The number of nitrogens with one attached hydrogen (secondary N) is 1. The van der Waals surface area contributed by atoms with Crippen molar-refractivity contribution in [2.75, 3.05) is 0 Å². The van der Waals surface area contributed by atoms with Gasteiger partial charge in [0.1, 0.15) is 0 Å². The highest BCUT2D eigenvalue weighted by atomic mass is 32.2. The predicted molar refractivity (Wildman–Crippen MR) is 112 cm³/mol. The molecule has 0 aliphatic heterocycles. The van der Waals surface area contributed by atoms with E-state index in [1.54, 1.807) is 12.1 Å². The second-order valence-electron chi connectivity index (χ2n) is 7.61. The molecule has 1 atom stereocenters.